The van der Waals surface area contributed by atoms with Crippen molar-refractivity contribution in [2.75, 3.05) is 10.6 Å². The molecule has 0 atom stereocenters. The number of fused-ring (bicyclic) bond motifs is 6. The number of amides is 2. The quantitative estimate of drug-likeness (QED) is 0.161. The average Bonchev–Trinajstić information content (AvgIpc) is 3.62. The molecule has 0 saturated heterocycles. The second-order valence-electron chi connectivity index (χ2n) is 15.5. The van der Waals surface area contributed by atoms with Crippen LogP contribution in [-0.4, -0.2) is 31.8 Å². The molecule has 2 N–H and O–H groups in total. The Hall–Kier alpha value is -7.28. The Morgan fingerprint density at radius 2 is 0.833 bits per heavy atom. The lowest BCUT2D eigenvalue weighted by atomic mass is 9.96. The summed E-state index contributed by atoms with van der Waals surface area (Å²) in [5, 5.41) is 4.66. The van der Waals surface area contributed by atoms with Gasteiger partial charge in [0.15, 0.2) is 0 Å². The summed E-state index contributed by atoms with van der Waals surface area (Å²) in [6.45, 7) is 0. The maximum Gasteiger partial charge on any atom is 0.257 e. The number of hydrogen-bond donors (Lipinski definition) is 2. The highest BCUT2D eigenvalue weighted by atomic mass is 35.5. The van der Waals surface area contributed by atoms with Gasteiger partial charge in [-0.05, 0) is 133 Å². The van der Waals surface area contributed by atoms with E-state index in [2.05, 4.69) is 67.0 Å². The highest BCUT2D eigenvalue weighted by Gasteiger charge is 2.22. The predicted octanol–water partition coefficient (Wildman–Crippen LogP) is 12.5. The van der Waals surface area contributed by atoms with Crippen LogP contribution < -0.4 is 10.6 Å². The number of rotatable bonds is 6. The Balaban J connectivity index is 0.000000191. The average molecular weight is 928 g/mol. The van der Waals surface area contributed by atoms with Crippen molar-refractivity contribution in [2.24, 2.45) is 0 Å². The number of aromatic nitrogens is 4. The van der Waals surface area contributed by atoms with Crippen molar-refractivity contribution in [1.29, 1.82) is 0 Å². The smallest absolute Gasteiger partial charge is 0.257 e. The number of nitrogens with zero attached hydrogens (tertiary/aromatic N) is 4. The predicted molar refractivity (Wildman–Crippen MR) is 253 cm³/mol. The van der Waals surface area contributed by atoms with Crippen LogP contribution in [0.1, 0.15) is 55.8 Å². The van der Waals surface area contributed by atoms with Gasteiger partial charge in [-0.3, -0.25) is 29.5 Å². The molecule has 2 aliphatic rings. The van der Waals surface area contributed by atoms with Crippen molar-refractivity contribution in [3.8, 4) is 44.8 Å². The molecule has 8 aromatic rings. The number of aryl methyl sites for hydroxylation is 4. The van der Waals surface area contributed by atoms with Crippen LogP contribution in [0.15, 0.2) is 146 Å². The number of anilines is 2. The van der Waals surface area contributed by atoms with E-state index in [1.807, 2.05) is 36.7 Å². The first-order chi connectivity index (χ1) is 31.2. The lowest BCUT2D eigenvalue weighted by Gasteiger charge is -2.13. The first-order valence-corrected chi connectivity index (χ1v) is 20.8. The molecule has 0 saturated carbocycles. The van der Waals surface area contributed by atoms with Crippen LogP contribution in [0, 0.1) is 23.3 Å². The van der Waals surface area contributed by atoms with E-state index in [0.717, 1.165) is 119 Å². The molecule has 2 amide bonds. The SMILES string of the molecule is Cl.Cl.O=C(Nc1c(F)cccc1F)c1cnc2c(c1)CCCc1ccc(-c3cccnc3)cc1-2.O=C(Nc1c(F)cccc1F)c1cnc2c(c1)CCCc1ccc(-c3cccnc3)cc1-2. The van der Waals surface area contributed by atoms with Crippen molar-refractivity contribution >= 4 is 48.0 Å². The Bertz CT molecular complexity index is 2820. The number of hydrogen-bond acceptors (Lipinski definition) is 6. The van der Waals surface area contributed by atoms with Crippen molar-refractivity contribution < 1.29 is 27.2 Å². The fraction of sp³-hybridized carbons (Fsp3) is 0.115. The Morgan fingerprint density at radius 1 is 0.439 bits per heavy atom. The van der Waals surface area contributed by atoms with Crippen LogP contribution in [0.3, 0.4) is 0 Å². The molecule has 0 bridgehead atoms. The molecule has 0 fully saturated rings. The molecule has 66 heavy (non-hydrogen) atoms. The molecule has 0 aliphatic heterocycles. The molecule has 8 nitrogen and oxygen atoms in total. The highest BCUT2D eigenvalue weighted by Crippen LogP contribution is 2.36. The molecule has 0 radical (unpaired) electrons. The molecule has 4 aromatic carbocycles. The summed E-state index contributed by atoms with van der Waals surface area (Å²) in [4.78, 5) is 43.0. The summed E-state index contributed by atoms with van der Waals surface area (Å²) < 4.78 is 55.7. The van der Waals surface area contributed by atoms with Gasteiger partial charge in [-0.15, -0.1) is 24.8 Å². The topological polar surface area (TPSA) is 110 Å². The number of para-hydroxylation sites is 2. The van der Waals surface area contributed by atoms with E-state index in [4.69, 9.17) is 0 Å². The molecule has 4 heterocycles. The standard InChI is InChI=1S/2C26H19F2N3O.2ClH/c2*27-22-7-2-8-23(28)25(22)31-26(32)20-12-18-5-1-4-16-9-10-17(19-6-3-11-29-14-19)13-21(16)24(18)30-15-20;;/h2*2-3,6-15H,1,4-5H2,(H,31,32);2*1H. The third kappa shape index (κ3) is 10.00. The normalized spacial score (nSPS) is 12.1. The number of benzene rings is 4. The summed E-state index contributed by atoms with van der Waals surface area (Å²) in [5.41, 5.74) is 11.7. The van der Waals surface area contributed by atoms with Gasteiger partial charge in [-0.2, -0.15) is 0 Å². The largest absolute Gasteiger partial charge is 0.317 e. The molecular weight excluding hydrogens is 888 g/mol. The van der Waals surface area contributed by atoms with Crippen LogP contribution in [-0.2, 0) is 25.7 Å². The van der Waals surface area contributed by atoms with Crippen LogP contribution in [0.2, 0.25) is 0 Å². The monoisotopic (exact) mass is 926 g/mol. The van der Waals surface area contributed by atoms with Crippen LogP contribution in [0.5, 0.6) is 0 Å². The first-order valence-electron chi connectivity index (χ1n) is 20.8. The fourth-order valence-electron chi connectivity index (χ4n) is 8.14. The van der Waals surface area contributed by atoms with Gasteiger partial charge in [0, 0.05) is 59.4 Å². The van der Waals surface area contributed by atoms with Crippen molar-refractivity contribution in [1.82, 2.24) is 19.9 Å². The van der Waals surface area contributed by atoms with Gasteiger partial charge in [0.1, 0.15) is 34.6 Å². The van der Waals surface area contributed by atoms with E-state index in [-0.39, 0.29) is 35.9 Å². The van der Waals surface area contributed by atoms with Crippen molar-refractivity contribution in [2.45, 2.75) is 38.5 Å². The van der Waals surface area contributed by atoms with Crippen molar-refractivity contribution in [3.63, 3.8) is 0 Å². The van der Waals surface area contributed by atoms with Gasteiger partial charge < -0.3 is 10.6 Å². The molecule has 4 aromatic heterocycles. The highest BCUT2D eigenvalue weighted by molar-refractivity contribution is 6.05. The number of halogens is 6. The number of nitrogens with one attached hydrogen (secondary N) is 2. The zero-order chi connectivity index (χ0) is 44.2. The van der Waals surface area contributed by atoms with E-state index in [1.54, 1.807) is 24.5 Å². The molecule has 14 heteroatoms. The lowest BCUT2D eigenvalue weighted by molar-refractivity contribution is 0.101. The summed E-state index contributed by atoms with van der Waals surface area (Å²) in [6.07, 6.45) is 15.2. The Morgan fingerprint density at radius 3 is 1.21 bits per heavy atom. The molecule has 10 rings (SSSR count). The third-order valence-corrected chi connectivity index (χ3v) is 11.4. The summed E-state index contributed by atoms with van der Waals surface area (Å²) in [6, 6.07) is 30.9. The zero-order valence-electron chi connectivity index (χ0n) is 35.0. The van der Waals surface area contributed by atoms with Crippen LogP contribution >= 0.6 is 24.8 Å². The molecule has 0 unspecified atom stereocenters. The van der Waals surface area contributed by atoms with E-state index >= 15 is 0 Å². The minimum absolute atomic E-state index is 0. The summed E-state index contributed by atoms with van der Waals surface area (Å²) in [7, 11) is 0. The Kier molecular flexibility index (Phi) is 14.6. The van der Waals surface area contributed by atoms with Gasteiger partial charge in [-0.1, -0.05) is 48.5 Å². The number of carbonyl (C=O) groups is 2. The van der Waals surface area contributed by atoms with E-state index in [1.165, 1.54) is 35.7 Å². The maximum atomic E-state index is 13.9. The molecule has 2 aliphatic carbocycles. The lowest BCUT2D eigenvalue weighted by Crippen LogP contribution is -2.15. The second-order valence-corrected chi connectivity index (χ2v) is 15.5. The van der Waals surface area contributed by atoms with Crippen LogP contribution in [0.25, 0.3) is 44.8 Å². The van der Waals surface area contributed by atoms with Gasteiger partial charge in [-0.25, -0.2) is 17.6 Å². The zero-order valence-corrected chi connectivity index (χ0v) is 36.7. The summed E-state index contributed by atoms with van der Waals surface area (Å²) in [5.74, 6) is -4.48. The van der Waals surface area contributed by atoms with Gasteiger partial charge >= 0.3 is 0 Å². The number of carbonyl (C=O) groups excluding carboxylic acids is 2. The minimum atomic E-state index is -0.821. The first kappa shape index (κ1) is 46.7. The van der Waals surface area contributed by atoms with E-state index < -0.39 is 46.5 Å². The Labute approximate surface area is 390 Å². The molecular formula is C52H40Cl2F4N6O2. The molecule has 0 spiro atoms. The maximum absolute atomic E-state index is 13.9. The number of pyridine rings is 4. The third-order valence-electron chi connectivity index (χ3n) is 11.4. The van der Waals surface area contributed by atoms with E-state index in [9.17, 15) is 27.2 Å². The minimum Gasteiger partial charge on any atom is -0.317 e. The molecule has 332 valence electrons. The fourth-order valence-corrected chi connectivity index (χ4v) is 8.14. The van der Waals surface area contributed by atoms with Gasteiger partial charge in [0.05, 0.1) is 22.5 Å². The van der Waals surface area contributed by atoms with Gasteiger partial charge in [0.25, 0.3) is 11.8 Å². The van der Waals surface area contributed by atoms with Crippen molar-refractivity contribution in [3.05, 3.63) is 203 Å². The van der Waals surface area contributed by atoms with E-state index in [0.29, 0.717) is 0 Å². The van der Waals surface area contributed by atoms with Crippen LogP contribution in [0.4, 0.5) is 28.9 Å². The second kappa shape index (κ2) is 20.7. The summed E-state index contributed by atoms with van der Waals surface area (Å²) >= 11 is 0. The van der Waals surface area contributed by atoms with Gasteiger partial charge in [0.2, 0.25) is 0 Å².